The summed E-state index contributed by atoms with van der Waals surface area (Å²) >= 11 is 4.90. The van der Waals surface area contributed by atoms with E-state index in [1.165, 1.54) is 11.8 Å². The fourth-order valence-electron chi connectivity index (χ4n) is 4.45. The summed E-state index contributed by atoms with van der Waals surface area (Å²) in [5.41, 5.74) is 3.23. The second-order valence-corrected chi connectivity index (χ2v) is 12.0. The van der Waals surface area contributed by atoms with Crippen LogP contribution in [0.25, 0.3) is 6.08 Å². The summed E-state index contributed by atoms with van der Waals surface area (Å²) < 4.78 is 6.10. The third kappa shape index (κ3) is 8.74. The van der Waals surface area contributed by atoms with E-state index in [1.54, 1.807) is 67.8 Å². The molecule has 5 rings (SSSR count). The van der Waals surface area contributed by atoms with Crippen molar-refractivity contribution in [3.63, 3.8) is 0 Å². The number of hydrogen-bond donors (Lipinski definition) is 3. The van der Waals surface area contributed by atoms with Crippen molar-refractivity contribution >= 4 is 62.9 Å². The lowest BCUT2D eigenvalue weighted by Crippen LogP contribution is -2.30. The van der Waals surface area contributed by atoms with Gasteiger partial charge in [0.1, 0.15) is 16.7 Å². The molecule has 0 bridgehead atoms. The lowest BCUT2D eigenvalue weighted by atomic mass is 10.1. The van der Waals surface area contributed by atoms with Crippen molar-refractivity contribution in [1.82, 2.24) is 5.32 Å². The van der Waals surface area contributed by atoms with Gasteiger partial charge in [0.15, 0.2) is 0 Å². The number of amides is 3. The Kier molecular flexibility index (Phi) is 11.0. The van der Waals surface area contributed by atoms with E-state index in [-0.39, 0.29) is 11.6 Å². The minimum Gasteiger partial charge on any atom is -0.497 e. The van der Waals surface area contributed by atoms with Crippen LogP contribution in [0, 0.1) is 0 Å². The minimum absolute atomic E-state index is 0.0634. The molecule has 0 aliphatic rings. The number of rotatable bonds is 11. The van der Waals surface area contributed by atoms with Crippen molar-refractivity contribution < 1.29 is 19.1 Å². The molecule has 5 aromatic carbocycles. The van der Waals surface area contributed by atoms with E-state index in [0.29, 0.717) is 28.3 Å². The Balaban J connectivity index is 1.34. The predicted octanol–water partition coefficient (Wildman–Crippen LogP) is 8.34. The van der Waals surface area contributed by atoms with E-state index in [4.69, 9.17) is 4.74 Å². The first-order chi connectivity index (χ1) is 22.4. The second-order valence-electron chi connectivity index (χ2n) is 10.0. The number of hydrogen-bond acceptors (Lipinski definition) is 5. The summed E-state index contributed by atoms with van der Waals surface area (Å²) in [6.07, 6.45) is 1.59. The Labute approximate surface area is 280 Å². The molecule has 0 spiro atoms. The van der Waals surface area contributed by atoms with E-state index in [9.17, 15) is 14.4 Å². The van der Waals surface area contributed by atoms with Gasteiger partial charge in [-0.05, 0) is 93.8 Å². The maximum atomic E-state index is 13.5. The van der Waals surface area contributed by atoms with Gasteiger partial charge in [-0.1, -0.05) is 72.8 Å². The molecule has 46 heavy (non-hydrogen) atoms. The average Bonchev–Trinajstić information content (AvgIpc) is 3.09. The van der Waals surface area contributed by atoms with Gasteiger partial charge in [-0.25, -0.2) is 0 Å². The van der Waals surface area contributed by atoms with Gasteiger partial charge < -0.3 is 20.7 Å². The molecule has 0 aliphatic heterocycles. The zero-order valence-electron chi connectivity index (χ0n) is 24.8. The quantitative estimate of drug-likeness (QED) is 0.0956. The van der Waals surface area contributed by atoms with Gasteiger partial charge in [0.25, 0.3) is 11.8 Å². The third-order valence-electron chi connectivity index (χ3n) is 6.77. The number of methoxy groups -OCH3 is 1. The molecule has 0 saturated heterocycles. The molecule has 1 unspecified atom stereocenters. The standard InChI is InChI=1S/C37H30BrN3O4S/c1-45-29-16-10-11-25(23-29)24-33(41-35(42)27-14-6-3-7-15-27)36(43)39-28-19-21-30(22-20-28)46-34(26-12-4-2-5-13-26)37(44)40-32-18-9-8-17-31(32)38/h2-24,34H,1H3,(H,39,43)(H,40,44)(H,41,42)/b33-24-. The zero-order valence-corrected chi connectivity index (χ0v) is 27.2. The van der Waals surface area contributed by atoms with E-state index < -0.39 is 17.1 Å². The highest BCUT2D eigenvalue weighted by atomic mass is 79.9. The van der Waals surface area contributed by atoms with Crippen LogP contribution in [-0.2, 0) is 9.59 Å². The van der Waals surface area contributed by atoms with E-state index in [2.05, 4.69) is 31.9 Å². The van der Waals surface area contributed by atoms with E-state index in [1.807, 2.05) is 78.9 Å². The van der Waals surface area contributed by atoms with Gasteiger partial charge in [-0.2, -0.15) is 0 Å². The SMILES string of the molecule is COc1cccc(/C=C(\NC(=O)c2ccccc2)C(=O)Nc2ccc(SC(C(=O)Nc3ccccc3Br)c3ccccc3)cc2)c1. The molecule has 5 aromatic rings. The van der Waals surface area contributed by atoms with Crippen LogP contribution in [0.5, 0.6) is 5.75 Å². The molecular formula is C37H30BrN3O4S. The molecule has 230 valence electrons. The van der Waals surface area contributed by atoms with Gasteiger partial charge in [0, 0.05) is 20.6 Å². The van der Waals surface area contributed by atoms with E-state index in [0.717, 1.165) is 14.9 Å². The Hall–Kier alpha value is -5.12. The highest BCUT2D eigenvalue weighted by molar-refractivity contribution is 9.10. The maximum Gasteiger partial charge on any atom is 0.272 e. The van der Waals surface area contributed by atoms with Crippen molar-refractivity contribution in [3.8, 4) is 5.75 Å². The molecule has 3 amide bonds. The zero-order chi connectivity index (χ0) is 32.3. The van der Waals surface area contributed by atoms with Gasteiger partial charge >= 0.3 is 0 Å². The number of thioether (sulfide) groups is 1. The Morgan fingerprint density at radius 2 is 1.43 bits per heavy atom. The maximum absolute atomic E-state index is 13.5. The van der Waals surface area contributed by atoms with Crippen molar-refractivity contribution in [2.24, 2.45) is 0 Å². The molecule has 7 nitrogen and oxygen atoms in total. The third-order valence-corrected chi connectivity index (χ3v) is 8.73. The molecule has 0 heterocycles. The monoisotopic (exact) mass is 691 g/mol. The van der Waals surface area contributed by atoms with Crippen LogP contribution in [0.1, 0.15) is 26.7 Å². The fourth-order valence-corrected chi connectivity index (χ4v) is 5.86. The van der Waals surface area contributed by atoms with Crippen LogP contribution in [0.4, 0.5) is 11.4 Å². The molecular weight excluding hydrogens is 662 g/mol. The number of nitrogens with one attached hydrogen (secondary N) is 3. The summed E-state index contributed by atoms with van der Waals surface area (Å²) in [4.78, 5) is 40.8. The number of carbonyl (C=O) groups is 3. The number of para-hydroxylation sites is 1. The predicted molar refractivity (Wildman–Crippen MR) is 188 cm³/mol. The molecule has 0 radical (unpaired) electrons. The average molecular weight is 693 g/mol. The second kappa shape index (κ2) is 15.7. The van der Waals surface area contributed by atoms with Gasteiger partial charge in [0.05, 0.1) is 12.8 Å². The summed E-state index contributed by atoms with van der Waals surface area (Å²) in [5.74, 6) is -0.455. The van der Waals surface area contributed by atoms with Crippen molar-refractivity contribution in [3.05, 3.63) is 160 Å². The Morgan fingerprint density at radius 3 is 2.13 bits per heavy atom. The molecule has 0 aliphatic carbocycles. The Morgan fingerprint density at radius 1 is 0.761 bits per heavy atom. The number of ether oxygens (including phenoxy) is 1. The first-order valence-electron chi connectivity index (χ1n) is 14.3. The highest BCUT2D eigenvalue weighted by Crippen LogP contribution is 2.37. The smallest absolute Gasteiger partial charge is 0.272 e. The van der Waals surface area contributed by atoms with Gasteiger partial charge in [-0.15, -0.1) is 11.8 Å². The molecule has 3 N–H and O–H groups in total. The van der Waals surface area contributed by atoms with E-state index >= 15 is 0 Å². The molecule has 0 aromatic heterocycles. The lowest BCUT2D eigenvalue weighted by Gasteiger charge is -2.18. The fraction of sp³-hybridized carbons (Fsp3) is 0.0541. The largest absolute Gasteiger partial charge is 0.497 e. The first kappa shape index (κ1) is 32.3. The van der Waals surface area contributed by atoms with Gasteiger partial charge in [0.2, 0.25) is 5.91 Å². The number of anilines is 2. The summed E-state index contributed by atoms with van der Waals surface area (Å²) in [5, 5.41) is 8.12. The van der Waals surface area contributed by atoms with Crippen molar-refractivity contribution in [2.45, 2.75) is 10.1 Å². The molecule has 0 fully saturated rings. The minimum atomic E-state index is -0.528. The normalized spacial score (nSPS) is 11.7. The number of benzene rings is 5. The van der Waals surface area contributed by atoms with Crippen LogP contribution in [-0.4, -0.2) is 24.8 Å². The summed E-state index contributed by atoms with van der Waals surface area (Å²) in [6, 6.07) is 40.1. The first-order valence-corrected chi connectivity index (χ1v) is 16.0. The summed E-state index contributed by atoms with van der Waals surface area (Å²) in [7, 11) is 1.56. The topological polar surface area (TPSA) is 96.5 Å². The van der Waals surface area contributed by atoms with Crippen LogP contribution in [0.3, 0.4) is 0 Å². The van der Waals surface area contributed by atoms with Crippen LogP contribution >= 0.6 is 27.7 Å². The van der Waals surface area contributed by atoms with Crippen molar-refractivity contribution in [2.75, 3.05) is 17.7 Å². The summed E-state index contributed by atoms with van der Waals surface area (Å²) in [6.45, 7) is 0. The van der Waals surface area contributed by atoms with Crippen LogP contribution in [0.15, 0.2) is 149 Å². The number of carbonyl (C=O) groups excluding carboxylic acids is 3. The number of halogens is 1. The molecule has 9 heteroatoms. The molecule has 0 saturated carbocycles. The van der Waals surface area contributed by atoms with Gasteiger partial charge in [-0.3, -0.25) is 14.4 Å². The lowest BCUT2D eigenvalue weighted by molar-refractivity contribution is -0.116. The highest BCUT2D eigenvalue weighted by Gasteiger charge is 2.23. The molecule has 1 atom stereocenters. The van der Waals surface area contributed by atoms with Crippen molar-refractivity contribution in [1.29, 1.82) is 0 Å². The Bertz CT molecular complexity index is 1850. The van der Waals surface area contributed by atoms with Crippen LogP contribution < -0.4 is 20.7 Å². The van der Waals surface area contributed by atoms with Crippen LogP contribution in [0.2, 0.25) is 0 Å².